The van der Waals surface area contributed by atoms with Crippen LogP contribution in [0, 0.1) is 6.92 Å². The number of hydrogen-bond donors (Lipinski definition) is 1. The summed E-state index contributed by atoms with van der Waals surface area (Å²) in [6.07, 6.45) is -3.74. The lowest BCUT2D eigenvalue weighted by atomic mass is 10.1. The first-order valence-electron chi connectivity index (χ1n) is 9.78. The van der Waals surface area contributed by atoms with E-state index in [0.717, 1.165) is 30.1 Å². The van der Waals surface area contributed by atoms with E-state index in [-0.39, 0.29) is 27.0 Å². The predicted molar refractivity (Wildman–Crippen MR) is 119 cm³/mol. The van der Waals surface area contributed by atoms with Crippen molar-refractivity contribution in [3.63, 3.8) is 0 Å². The van der Waals surface area contributed by atoms with Crippen LogP contribution in [0.25, 0.3) is 10.9 Å². The predicted octanol–water partition coefficient (Wildman–Crippen LogP) is 4.21. The van der Waals surface area contributed by atoms with Gasteiger partial charge in [0.15, 0.2) is 0 Å². The topological polar surface area (TPSA) is 98.1 Å². The second-order valence-electron chi connectivity index (χ2n) is 7.45. The summed E-state index contributed by atoms with van der Waals surface area (Å²) in [7, 11) is -3.95. The Hall–Kier alpha value is -3.99. The maximum Gasteiger partial charge on any atom is 0.416 e. The maximum atomic E-state index is 13.0. The molecule has 34 heavy (non-hydrogen) atoms. The van der Waals surface area contributed by atoms with Gasteiger partial charge < -0.3 is 0 Å². The summed E-state index contributed by atoms with van der Waals surface area (Å²) < 4.78 is 67.2. The van der Waals surface area contributed by atoms with Crippen molar-refractivity contribution in [3.8, 4) is 0 Å². The smallest absolute Gasteiger partial charge is 0.280 e. The fourth-order valence-corrected chi connectivity index (χ4v) is 4.28. The Kier molecular flexibility index (Phi) is 5.74. The molecule has 0 aliphatic rings. The van der Waals surface area contributed by atoms with E-state index in [2.05, 4.69) is 9.71 Å². The van der Waals surface area contributed by atoms with E-state index in [1.807, 2.05) is 6.92 Å². The number of aromatic nitrogens is 2. The monoisotopic (exact) mass is 487 g/mol. The van der Waals surface area contributed by atoms with E-state index >= 15 is 0 Å². The van der Waals surface area contributed by atoms with E-state index in [1.165, 1.54) is 30.3 Å². The largest absolute Gasteiger partial charge is 0.416 e. The van der Waals surface area contributed by atoms with Crippen molar-refractivity contribution in [2.45, 2.75) is 18.0 Å². The molecule has 3 aromatic carbocycles. The molecule has 0 amide bonds. The highest BCUT2D eigenvalue weighted by atomic mass is 32.2. The number of anilines is 1. The zero-order valence-corrected chi connectivity index (χ0v) is 18.3. The number of sulfonamides is 1. The fraction of sp³-hybridized carbons (Fsp3) is 0.0870. The van der Waals surface area contributed by atoms with Crippen molar-refractivity contribution < 1.29 is 26.4 Å². The molecule has 174 valence electrons. The molecule has 4 aromatic rings. The fourth-order valence-electron chi connectivity index (χ4n) is 3.23. The lowest BCUT2D eigenvalue weighted by Gasteiger charge is -2.11. The van der Waals surface area contributed by atoms with Gasteiger partial charge in [0.25, 0.3) is 21.5 Å². The summed E-state index contributed by atoms with van der Waals surface area (Å²) in [5.41, 5.74) is -1.14. The third-order valence-electron chi connectivity index (χ3n) is 5.00. The highest BCUT2D eigenvalue weighted by Gasteiger charge is 2.31. The Labute approximate surface area is 191 Å². The lowest BCUT2D eigenvalue weighted by Crippen LogP contribution is -2.28. The number of fused-ring (bicyclic) bond motifs is 1. The van der Waals surface area contributed by atoms with Gasteiger partial charge in [0, 0.05) is 11.3 Å². The van der Waals surface area contributed by atoms with Gasteiger partial charge in [-0.15, -0.1) is 0 Å². The molecule has 1 heterocycles. The molecule has 0 aliphatic heterocycles. The van der Waals surface area contributed by atoms with Crippen LogP contribution >= 0.6 is 0 Å². The molecule has 1 N–H and O–H groups in total. The number of rotatable bonds is 4. The van der Waals surface area contributed by atoms with Crippen LogP contribution in [0.3, 0.4) is 0 Å². The zero-order valence-electron chi connectivity index (χ0n) is 17.5. The first kappa shape index (κ1) is 23.2. The molecule has 1 aromatic heterocycles. The number of hydrogen-bond acceptors (Lipinski definition) is 5. The molecule has 0 fully saturated rings. The van der Waals surface area contributed by atoms with Crippen LogP contribution in [0.2, 0.25) is 0 Å². The van der Waals surface area contributed by atoms with Crippen LogP contribution in [-0.4, -0.2) is 23.9 Å². The average Bonchev–Trinajstić information content (AvgIpc) is 2.79. The molecule has 0 radical (unpaired) electrons. The molecular formula is C23H16F3N3O4S. The van der Waals surface area contributed by atoms with Crippen molar-refractivity contribution in [2.24, 2.45) is 0 Å². The molecule has 4 rings (SSSR count). The molecular weight excluding hydrogens is 471 g/mol. The first-order chi connectivity index (χ1) is 16.0. The highest BCUT2D eigenvalue weighted by molar-refractivity contribution is 7.92. The average molecular weight is 487 g/mol. The Balaban J connectivity index is 1.72. The molecule has 7 nitrogen and oxygen atoms in total. The van der Waals surface area contributed by atoms with Crippen LogP contribution in [-0.2, 0) is 16.2 Å². The van der Waals surface area contributed by atoms with Crippen LogP contribution in [0.15, 0.2) is 82.7 Å². The van der Waals surface area contributed by atoms with Gasteiger partial charge in [0.05, 0.1) is 21.4 Å². The van der Waals surface area contributed by atoms with Crippen LogP contribution in [0.4, 0.5) is 18.9 Å². The SMILES string of the molecule is Cc1ccc(S(=O)(=O)Nc2ccc3ncn(C(=O)c4cccc(C(F)(F)F)c4)c(=O)c3c2)cc1. The number of alkyl halides is 3. The molecule has 0 saturated heterocycles. The second kappa shape index (κ2) is 8.41. The summed E-state index contributed by atoms with van der Waals surface area (Å²) in [6.45, 7) is 1.81. The Morgan fingerprint density at radius 1 is 1.00 bits per heavy atom. The van der Waals surface area contributed by atoms with Crippen LogP contribution < -0.4 is 10.3 Å². The van der Waals surface area contributed by atoms with Crippen molar-refractivity contribution >= 4 is 32.5 Å². The molecule has 0 saturated carbocycles. The van der Waals surface area contributed by atoms with Crippen molar-refractivity contribution in [3.05, 3.63) is 100 Å². The summed E-state index contributed by atoms with van der Waals surface area (Å²) in [5.74, 6) is -1.00. The van der Waals surface area contributed by atoms with Gasteiger partial charge in [0.1, 0.15) is 6.33 Å². The quantitative estimate of drug-likeness (QED) is 0.465. The summed E-state index contributed by atoms with van der Waals surface area (Å²) in [4.78, 5) is 29.7. The summed E-state index contributed by atoms with van der Waals surface area (Å²) >= 11 is 0. The molecule has 0 unspecified atom stereocenters. The summed E-state index contributed by atoms with van der Waals surface area (Å²) in [6, 6.07) is 13.8. The van der Waals surface area contributed by atoms with Crippen molar-refractivity contribution in [1.82, 2.24) is 9.55 Å². The molecule has 11 heteroatoms. The minimum Gasteiger partial charge on any atom is -0.280 e. The van der Waals surface area contributed by atoms with E-state index in [1.54, 1.807) is 12.1 Å². The van der Waals surface area contributed by atoms with E-state index < -0.39 is 33.2 Å². The third-order valence-corrected chi connectivity index (χ3v) is 6.39. The minimum absolute atomic E-state index is 0.0153. The standard InChI is InChI=1S/C23H16F3N3O4S/c1-14-5-8-18(9-6-14)34(32,33)28-17-7-10-20-19(12-17)22(31)29(13-27-20)21(30)15-3-2-4-16(11-15)23(24,25)26/h2-13,28H,1H3. The number of nitrogens with zero attached hydrogens (tertiary/aromatic N) is 2. The van der Waals surface area contributed by atoms with Crippen LogP contribution in [0.1, 0.15) is 21.5 Å². The Morgan fingerprint density at radius 3 is 2.38 bits per heavy atom. The van der Waals surface area contributed by atoms with Gasteiger partial charge in [-0.1, -0.05) is 23.8 Å². The van der Waals surface area contributed by atoms with Gasteiger partial charge in [0.2, 0.25) is 0 Å². The molecule has 0 bridgehead atoms. The third kappa shape index (κ3) is 4.55. The number of halogens is 3. The second-order valence-corrected chi connectivity index (χ2v) is 9.14. The van der Waals surface area contributed by atoms with Gasteiger partial charge in [-0.25, -0.2) is 18.0 Å². The number of benzene rings is 3. The summed E-state index contributed by atoms with van der Waals surface area (Å²) in [5, 5.41) is -0.0908. The number of carbonyl (C=O) groups is 1. The van der Waals surface area contributed by atoms with Crippen molar-refractivity contribution in [1.29, 1.82) is 0 Å². The Morgan fingerprint density at radius 2 is 1.71 bits per heavy atom. The van der Waals surface area contributed by atoms with E-state index in [0.29, 0.717) is 10.6 Å². The first-order valence-corrected chi connectivity index (χ1v) is 11.3. The van der Waals surface area contributed by atoms with Crippen LogP contribution in [0.5, 0.6) is 0 Å². The molecule has 0 aliphatic carbocycles. The van der Waals surface area contributed by atoms with Gasteiger partial charge >= 0.3 is 6.18 Å². The van der Waals surface area contributed by atoms with Crippen molar-refractivity contribution in [2.75, 3.05) is 4.72 Å². The lowest BCUT2D eigenvalue weighted by molar-refractivity contribution is -0.137. The zero-order chi connectivity index (χ0) is 24.7. The normalized spacial score (nSPS) is 12.0. The van der Waals surface area contributed by atoms with Gasteiger partial charge in [-0.2, -0.15) is 13.2 Å². The molecule has 0 spiro atoms. The highest BCUT2D eigenvalue weighted by Crippen LogP contribution is 2.29. The number of nitrogens with one attached hydrogen (secondary N) is 1. The molecule has 0 atom stereocenters. The van der Waals surface area contributed by atoms with Gasteiger partial charge in [-0.3, -0.25) is 14.3 Å². The Bertz CT molecular complexity index is 1580. The number of carbonyl (C=O) groups excluding carboxylic acids is 1. The minimum atomic E-state index is -4.66. The number of aryl methyl sites for hydroxylation is 1. The van der Waals surface area contributed by atoms with Gasteiger partial charge in [-0.05, 0) is 55.5 Å². The van der Waals surface area contributed by atoms with E-state index in [9.17, 15) is 31.2 Å². The maximum absolute atomic E-state index is 13.0. The van der Waals surface area contributed by atoms with E-state index in [4.69, 9.17) is 0 Å².